The van der Waals surface area contributed by atoms with Crippen molar-refractivity contribution >= 4 is 12.3 Å². The van der Waals surface area contributed by atoms with E-state index >= 15 is 0 Å². The van der Waals surface area contributed by atoms with Gasteiger partial charge in [0.25, 0.3) is 0 Å². The van der Waals surface area contributed by atoms with Crippen molar-refractivity contribution in [1.82, 2.24) is 0 Å². The van der Waals surface area contributed by atoms with Gasteiger partial charge in [-0.3, -0.25) is 4.79 Å². The van der Waals surface area contributed by atoms with Crippen LogP contribution in [0.3, 0.4) is 0 Å². The molecule has 4 heteroatoms. The zero-order chi connectivity index (χ0) is 11.0. The van der Waals surface area contributed by atoms with Gasteiger partial charge in [0, 0.05) is 0 Å². The smallest absolute Gasteiger partial charge is 0.332 e. The maximum absolute atomic E-state index is 11.1. The Bertz CT molecular complexity index is 213. The highest BCUT2D eigenvalue weighted by atomic mass is 16.6. The molecule has 4 nitrogen and oxygen atoms in total. The Kier molecular flexibility index (Phi) is 5.79. The minimum atomic E-state index is -0.487. The van der Waals surface area contributed by atoms with Crippen LogP contribution < -0.4 is 0 Å². The van der Waals surface area contributed by atoms with E-state index in [0.29, 0.717) is 6.29 Å². The molecule has 0 heterocycles. The molecule has 0 aromatic rings. The Hall–Kier alpha value is -1.16. The van der Waals surface area contributed by atoms with Gasteiger partial charge in [0.05, 0.1) is 6.61 Å². The first-order valence-electron chi connectivity index (χ1n) is 4.35. The highest BCUT2D eigenvalue weighted by Gasteiger charge is 2.15. The number of allylic oxidation sites excluding steroid dienone is 1. The Balaban J connectivity index is 3.55. The predicted octanol–water partition coefficient (Wildman–Crippen LogP) is 1.10. The van der Waals surface area contributed by atoms with Crippen molar-refractivity contribution in [3.63, 3.8) is 0 Å². The number of esters is 1. The van der Waals surface area contributed by atoms with E-state index in [9.17, 15) is 9.59 Å². The molecule has 0 aromatic carbocycles. The number of carbonyl (C=O) groups is 2. The summed E-state index contributed by atoms with van der Waals surface area (Å²) in [4.78, 5) is 20.9. The van der Waals surface area contributed by atoms with Gasteiger partial charge in [-0.15, -0.1) is 0 Å². The molecule has 0 aliphatic rings. The minimum Gasteiger partial charge on any atom is -0.458 e. The molecule has 0 spiro atoms. The van der Waals surface area contributed by atoms with Crippen molar-refractivity contribution in [2.45, 2.75) is 26.4 Å². The molecule has 0 N–H and O–H groups in total. The van der Waals surface area contributed by atoms with Crippen LogP contribution in [0.2, 0.25) is 0 Å². The Morgan fingerprint density at radius 1 is 1.36 bits per heavy atom. The molecule has 0 atom stereocenters. The van der Waals surface area contributed by atoms with E-state index < -0.39 is 11.6 Å². The van der Waals surface area contributed by atoms with E-state index in [1.165, 1.54) is 12.2 Å². The molecule has 0 radical (unpaired) electrons. The summed E-state index contributed by atoms with van der Waals surface area (Å²) >= 11 is 0. The number of hydrogen-bond acceptors (Lipinski definition) is 4. The predicted molar refractivity (Wildman–Crippen MR) is 51.9 cm³/mol. The molecular formula is C10H16O4. The van der Waals surface area contributed by atoms with Crippen LogP contribution in [0.15, 0.2) is 12.2 Å². The normalized spacial score (nSPS) is 11.6. The number of ether oxygens (including phenoxy) is 2. The molecule has 0 bridgehead atoms. The fourth-order valence-corrected chi connectivity index (χ4v) is 0.692. The molecule has 0 amide bonds. The Morgan fingerprint density at radius 3 is 2.50 bits per heavy atom. The average molecular weight is 200 g/mol. The SMILES string of the molecule is CC(C)(C)OC(=O)COCC=CC=O. The molecule has 0 fully saturated rings. The fraction of sp³-hybridized carbons (Fsp3) is 0.600. The van der Waals surface area contributed by atoms with E-state index in [4.69, 9.17) is 9.47 Å². The largest absolute Gasteiger partial charge is 0.458 e. The third-order valence-corrected chi connectivity index (χ3v) is 1.07. The Morgan fingerprint density at radius 2 is 2.00 bits per heavy atom. The second-order valence-corrected chi connectivity index (χ2v) is 3.67. The van der Waals surface area contributed by atoms with Crippen LogP contribution in [0, 0.1) is 0 Å². The van der Waals surface area contributed by atoms with Gasteiger partial charge in [0.15, 0.2) is 0 Å². The molecule has 0 aliphatic carbocycles. The van der Waals surface area contributed by atoms with E-state index in [-0.39, 0.29) is 13.2 Å². The lowest BCUT2D eigenvalue weighted by Gasteiger charge is -2.19. The summed E-state index contributed by atoms with van der Waals surface area (Å²) in [6, 6.07) is 0. The molecule has 0 saturated heterocycles. The maximum atomic E-state index is 11.1. The monoisotopic (exact) mass is 200 g/mol. The fourth-order valence-electron chi connectivity index (χ4n) is 0.692. The second-order valence-electron chi connectivity index (χ2n) is 3.67. The van der Waals surface area contributed by atoms with Gasteiger partial charge in [-0.1, -0.05) is 6.08 Å². The summed E-state index contributed by atoms with van der Waals surface area (Å²) in [7, 11) is 0. The second kappa shape index (κ2) is 6.32. The first kappa shape index (κ1) is 12.8. The molecule has 0 saturated carbocycles. The highest BCUT2D eigenvalue weighted by molar-refractivity contribution is 5.71. The van der Waals surface area contributed by atoms with Gasteiger partial charge < -0.3 is 9.47 Å². The quantitative estimate of drug-likeness (QED) is 0.288. The van der Waals surface area contributed by atoms with Gasteiger partial charge in [-0.25, -0.2) is 4.79 Å². The summed E-state index contributed by atoms with van der Waals surface area (Å²) in [5.74, 6) is -0.406. The van der Waals surface area contributed by atoms with Gasteiger partial charge in [-0.05, 0) is 26.8 Å². The summed E-state index contributed by atoms with van der Waals surface area (Å²) in [5.41, 5.74) is -0.487. The van der Waals surface area contributed by atoms with Crippen molar-refractivity contribution in [3.8, 4) is 0 Å². The third kappa shape index (κ3) is 8.93. The third-order valence-electron chi connectivity index (χ3n) is 1.07. The molecule has 0 aliphatic heterocycles. The van der Waals surface area contributed by atoms with Crippen LogP contribution in [-0.2, 0) is 19.1 Å². The molecule has 0 aromatic heterocycles. The standard InChI is InChI=1S/C10H16O4/c1-10(2,3)14-9(12)8-13-7-5-4-6-11/h4-6H,7-8H2,1-3H3. The summed E-state index contributed by atoms with van der Waals surface area (Å²) in [6.45, 7) is 5.50. The molecule has 0 unspecified atom stereocenters. The number of aldehydes is 1. The molecule has 0 rings (SSSR count). The van der Waals surface area contributed by atoms with Crippen molar-refractivity contribution in [2.75, 3.05) is 13.2 Å². The van der Waals surface area contributed by atoms with Gasteiger partial charge in [-0.2, -0.15) is 0 Å². The van der Waals surface area contributed by atoms with Crippen LogP contribution in [0.4, 0.5) is 0 Å². The number of hydrogen-bond donors (Lipinski definition) is 0. The lowest BCUT2D eigenvalue weighted by atomic mass is 10.2. The van der Waals surface area contributed by atoms with Crippen LogP contribution in [0.5, 0.6) is 0 Å². The van der Waals surface area contributed by atoms with Crippen molar-refractivity contribution in [2.24, 2.45) is 0 Å². The van der Waals surface area contributed by atoms with E-state index in [1.807, 2.05) is 0 Å². The molecule has 80 valence electrons. The van der Waals surface area contributed by atoms with Gasteiger partial charge >= 0.3 is 5.97 Å². The number of carbonyl (C=O) groups excluding carboxylic acids is 2. The van der Waals surface area contributed by atoms with Crippen LogP contribution in [-0.4, -0.2) is 31.1 Å². The van der Waals surface area contributed by atoms with Crippen molar-refractivity contribution < 1.29 is 19.1 Å². The summed E-state index contributed by atoms with van der Waals surface area (Å²) in [6.07, 6.45) is 3.49. The van der Waals surface area contributed by atoms with Crippen LogP contribution >= 0.6 is 0 Å². The molecular weight excluding hydrogens is 184 g/mol. The van der Waals surface area contributed by atoms with E-state index in [2.05, 4.69) is 0 Å². The van der Waals surface area contributed by atoms with E-state index in [0.717, 1.165) is 0 Å². The zero-order valence-electron chi connectivity index (χ0n) is 8.78. The molecule has 14 heavy (non-hydrogen) atoms. The lowest BCUT2D eigenvalue weighted by Crippen LogP contribution is -2.26. The highest BCUT2D eigenvalue weighted by Crippen LogP contribution is 2.06. The first-order chi connectivity index (χ1) is 6.45. The maximum Gasteiger partial charge on any atom is 0.332 e. The average Bonchev–Trinajstić information content (AvgIpc) is 2.00. The van der Waals surface area contributed by atoms with Gasteiger partial charge in [0.1, 0.15) is 18.5 Å². The van der Waals surface area contributed by atoms with Crippen LogP contribution in [0.25, 0.3) is 0 Å². The Labute approximate surface area is 83.9 Å². The number of rotatable bonds is 5. The van der Waals surface area contributed by atoms with Gasteiger partial charge in [0.2, 0.25) is 0 Å². The topological polar surface area (TPSA) is 52.6 Å². The minimum absolute atomic E-state index is 0.0968. The summed E-state index contributed by atoms with van der Waals surface area (Å²) < 4.78 is 9.91. The van der Waals surface area contributed by atoms with E-state index in [1.54, 1.807) is 20.8 Å². The summed E-state index contributed by atoms with van der Waals surface area (Å²) in [5, 5.41) is 0. The van der Waals surface area contributed by atoms with Crippen LogP contribution in [0.1, 0.15) is 20.8 Å². The zero-order valence-corrected chi connectivity index (χ0v) is 8.78. The lowest BCUT2D eigenvalue weighted by molar-refractivity contribution is -0.159. The van der Waals surface area contributed by atoms with Crippen molar-refractivity contribution in [1.29, 1.82) is 0 Å². The van der Waals surface area contributed by atoms with Crippen molar-refractivity contribution in [3.05, 3.63) is 12.2 Å². The first-order valence-corrected chi connectivity index (χ1v) is 4.35.